The van der Waals surface area contributed by atoms with Crippen molar-refractivity contribution in [2.75, 3.05) is 12.5 Å². The number of benzene rings is 2. The van der Waals surface area contributed by atoms with Crippen molar-refractivity contribution >= 4 is 25.2 Å². The van der Waals surface area contributed by atoms with Gasteiger partial charge in [0.25, 0.3) is 0 Å². The SMILES string of the molecule is CS(=O)(=O)c1ccc(-c2c(-c3ccc(F)cc3)nn3nccc(S(C)(=O)=O)c23)cc1. The third-order valence-electron chi connectivity index (χ3n) is 4.59. The number of fused-ring (bicyclic) bond motifs is 1. The minimum atomic E-state index is -3.62. The normalized spacial score (nSPS) is 12.4. The van der Waals surface area contributed by atoms with Crippen molar-refractivity contribution in [1.82, 2.24) is 14.8 Å². The fraction of sp³-hybridized carbons (Fsp3) is 0.100. The van der Waals surface area contributed by atoms with Gasteiger partial charge in [-0.25, -0.2) is 21.2 Å². The van der Waals surface area contributed by atoms with Crippen LogP contribution in [0.4, 0.5) is 4.39 Å². The van der Waals surface area contributed by atoms with E-state index in [1.807, 2.05) is 0 Å². The first kappa shape index (κ1) is 20.2. The van der Waals surface area contributed by atoms with E-state index in [1.54, 1.807) is 12.1 Å². The van der Waals surface area contributed by atoms with Crippen LogP contribution >= 0.6 is 0 Å². The van der Waals surface area contributed by atoms with E-state index in [2.05, 4.69) is 10.2 Å². The monoisotopic (exact) mass is 445 g/mol. The fourth-order valence-electron chi connectivity index (χ4n) is 3.21. The highest BCUT2D eigenvalue weighted by Gasteiger charge is 2.24. The van der Waals surface area contributed by atoms with E-state index in [9.17, 15) is 21.2 Å². The number of halogens is 1. The average Bonchev–Trinajstić information content (AvgIpc) is 3.06. The van der Waals surface area contributed by atoms with Gasteiger partial charge in [0.2, 0.25) is 0 Å². The maximum Gasteiger partial charge on any atom is 0.177 e. The van der Waals surface area contributed by atoms with Crippen molar-refractivity contribution < 1.29 is 21.2 Å². The largest absolute Gasteiger partial charge is 0.224 e. The van der Waals surface area contributed by atoms with Crippen molar-refractivity contribution in [3.8, 4) is 22.4 Å². The lowest BCUT2D eigenvalue weighted by Gasteiger charge is -2.07. The Balaban J connectivity index is 2.09. The van der Waals surface area contributed by atoms with Crippen molar-refractivity contribution in [2.45, 2.75) is 9.79 Å². The third-order valence-corrected chi connectivity index (χ3v) is 6.85. The second-order valence-electron chi connectivity index (χ2n) is 6.83. The molecule has 2 aromatic heterocycles. The average molecular weight is 445 g/mol. The van der Waals surface area contributed by atoms with E-state index >= 15 is 0 Å². The maximum absolute atomic E-state index is 13.4. The zero-order valence-electron chi connectivity index (χ0n) is 15.9. The van der Waals surface area contributed by atoms with Gasteiger partial charge in [-0.2, -0.15) is 5.10 Å². The molecule has 0 aliphatic heterocycles. The molecule has 0 saturated carbocycles. The van der Waals surface area contributed by atoms with Crippen LogP contribution in [0.25, 0.3) is 27.9 Å². The Morgan fingerprint density at radius 1 is 0.800 bits per heavy atom. The second kappa shape index (κ2) is 6.99. The Morgan fingerprint density at radius 2 is 1.40 bits per heavy atom. The summed E-state index contributed by atoms with van der Waals surface area (Å²) in [5.74, 6) is -0.420. The van der Waals surface area contributed by atoms with E-state index in [-0.39, 0.29) is 15.3 Å². The summed E-state index contributed by atoms with van der Waals surface area (Å²) in [6.45, 7) is 0. The molecule has 2 heterocycles. The number of hydrogen-bond donors (Lipinski definition) is 0. The van der Waals surface area contributed by atoms with Crippen molar-refractivity contribution in [3.63, 3.8) is 0 Å². The number of rotatable bonds is 4. The van der Waals surface area contributed by atoms with Crippen LogP contribution in [-0.2, 0) is 19.7 Å². The molecule has 0 unspecified atom stereocenters. The topological polar surface area (TPSA) is 98.5 Å². The molecule has 0 atom stereocenters. The van der Waals surface area contributed by atoms with Crippen LogP contribution in [0.15, 0.2) is 70.6 Å². The summed E-state index contributed by atoms with van der Waals surface area (Å²) in [6.07, 6.45) is 3.53. The third kappa shape index (κ3) is 3.59. The van der Waals surface area contributed by atoms with Crippen molar-refractivity contribution in [3.05, 3.63) is 66.6 Å². The van der Waals surface area contributed by atoms with Crippen LogP contribution in [-0.4, -0.2) is 44.2 Å². The summed E-state index contributed by atoms with van der Waals surface area (Å²) >= 11 is 0. The van der Waals surface area contributed by atoms with Gasteiger partial charge < -0.3 is 0 Å². The first-order chi connectivity index (χ1) is 14.1. The molecule has 0 fully saturated rings. The molecule has 0 aliphatic carbocycles. The predicted molar refractivity (Wildman–Crippen MR) is 110 cm³/mol. The zero-order chi connectivity index (χ0) is 21.7. The van der Waals surface area contributed by atoms with Crippen LogP contribution < -0.4 is 0 Å². The Labute approximate surface area is 172 Å². The van der Waals surface area contributed by atoms with E-state index in [1.165, 1.54) is 53.3 Å². The molecular formula is C20H16FN3O4S2. The van der Waals surface area contributed by atoms with Crippen molar-refractivity contribution in [2.24, 2.45) is 0 Å². The first-order valence-electron chi connectivity index (χ1n) is 8.70. The Bertz CT molecular complexity index is 1480. The summed E-state index contributed by atoms with van der Waals surface area (Å²) in [5, 5.41) is 8.57. The van der Waals surface area contributed by atoms with Gasteiger partial charge in [0.05, 0.1) is 16.0 Å². The molecule has 10 heteroatoms. The zero-order valence-corrected chi connectivity index (χ0v) is 17.6. The highest BCUT2D eigenvalue weighted by atomic mass is 32.2. The lowest BCUT2D eigenvalue weighted by Crippen LogP contribution is -2.03. The summed E-state index contributed by atoms with van der Waals surface area (Å²) in [7, 11) is -7.02. The lowest BCUT2D eigenvalue weighted by molar-refractivity contribution is 0.600. The van der Waals surface area contributed by atoms with Crippen LogP contribution in [0.5, 0.6) is 0 Å². The summed E-state index contributed by atoms with van der Waals surface area (Å²) in [6, 6.07) is 13.1. The van der Waals surface area contributed by atoms with Gasteiger partial charge >= 0.3 is 0 Å². The van der Waals surface area contributed by atoms with Gasteiger partial charge in [-0.15, -0.1) is 9.73 Å². The molecule has 0 bridgehead atoms. The molecule has 0 N–H and O–H groups in total. The molecule has 30 heavy (non-hydrogen) atoms. The smallest absolute Gasteiger partial charge is 0.177 e. The molecule has 4 rings (SSSR count). The molecule has 4 aromatic rings. The Morgan fingerprint density at radius 3 is 1.97 bits per heavy atom. The van der Waals surface area contributed by atoms with Gasteiger partial charge in [-0.1, -0.05) is 12.1 Å². The van der Waals surface area contributed by atoms with Gasteiger partial charge in [0, 0.05) is 23.6 Å². The lowest BCUT2D eigenvalue weighted by atomic mass is 10.00. The van der Waals surface area contributed by atoms with E-state index < -0.39 is 25.5 Å². The van der Waals surface area contributed by atoms with E-state index in [4.69, 9.17) is 0 Å². The van der Waals surface area contributed by atoms with Crippen LogP contribution in [0.3, 0.4) is 0 Å². The Kier molecular flexibility index (Phi) is 4.70. The molecule has 2 aromatic carbocycles. The second-order valence-corrected chi connectivity index (χ2v) is 10.8. The number of nitrogens with zero attached hydrogens (tertiary/aromatic N) is 3. The first-order valence-corrected chi connectivity index (χ1v) is 12.5. The van der Waals surface area contributed by atoms with Gasteiger partial charge in [0.15, 0.2) is 19.7 Å². The molecule has 154 valence electrons. The van der Waals surface area contributed by atoms with Gasteiger partial charge in [-0.05, 0) is 48.0 Å². The Hall–Kier alpha value is -3.11. The molecule has 0 radical (unpaired) electrons. The van der Waals surface area contributed by atoms with Gasteiger partial charge in [-0.3, -0.25) is 0 Å². The number of hydrogen-bond acceptors (Lipinski definition) is 6. The summed E-state index contributed by atoms with van der Waals surface area (Å²) in [5.41, 5.74) is 2.21. The molecule has 0 aliphatic rings. The standard InChI is InChI=1S/C20H16FN3O4S2/c1-29(25,26)16-9-5-13(6-10-16)18-19(14-3-7-15(21)8-4-14)23-24-20(18)17(11-12-22-24)30(2,27)28/h3-12H,1-2H3. The highest BCUT2D eigenvalue weighted by Crippen LogP contribution is 2.37. The van der Waals surface area contributed by atoms with Crippen LogP contribution in [0.1, 0.15) is 0 Å². The van der Waals surface area contributed by atoms with Crippen LogP contribution in [0.2, 0.25) is 0 Å². The molecular weight excluding hydrogens is 429 g/mol. The number of sulfone groups is 2. The summed E-state index contributed by atoms with van der Waals surface area (Å²) < 4.78 is 63.1. The predicted octanol–water partition coefficient (Wildman–Crippen LogP) is 3.01. The molecule has 0 spiro atoms. The fourth-order valence-corrected chi connectivity index (χ4v) is 4.68. The minimum absolute atomic E-state index is 0.0283. The van der Waals surface area contributed by atoms with Gasteiger partial charge in [0.1, 0.15) is 17.0 Å². The highest BCUT2D eigenvalue weighted by molar-refractivity contribution is 7.91. The van der Waals surface area contributed by atoms with E-state index in [0.717, 1.165) is 12.5 Å². The molecule has 7 nitrogen and oxygen atoms in total. The summed E-state index contributed by atoms with van der Waals surface area (Å²) in [4.78, 5) is 0.160. The van der Waals surface area contributed by atoms with E-state index in [0.29, 0.717) is 22.4 Å². The quantitative estimate of drug-likeness (QED) is 0.479. The maximum atomic E-state index is 13.4. The number of aromatic nitrogens is 3. The molecule has 0 amide bonds. The minimum Gasteiger partial charge on any atom is -0.224 e. The van der Waals surface area contributed by atoms with Crippen molar-refractivity contribution in [1.29, 1.82) is 0 Å². The van der Waals surface area contributed by atoms with Crippen LogP contribution in [0, 0.1) is 5.82 Å². The molecule has 0 saturated heterocycles.